The van der Waals surface area contributed by atoms with Crippen molar-refractivity contribution in [2.24, 2.45) is 5.92 Å². The molecule has 2 rings (SSSR count). The van der Waals surface area contributed by atoms with Crippen molar-refractivity contribution in [3.63, 3.8) is 0 Å². The molecule has 114 valence electrons. The Hall–Kier alpha value is -0.840. The van der Waals surface area contributed by atoms with Gasteiger partial charge in [-0.1, -0.05) is 13.8 Å². The highest BCUT2D eigenvalue weighted by Gasteiger charge is 2.12. The van der Waals surface area contributed by atoms with Gasteiger partial charge in [0.15, 0.2) is 0 Å². The maximum Gasteiger partial charge on any atom is 0.0347 e. The van der Waals surface area contributed by atoms with Gasteiger partial charge < -0.3 is 14.8 Å². The molecule has 0 aromatic carbocycles. The van der Waals surface area contributed by atoms with Crippen molar-refractivity contribution in [1.82, 2.24) is 19.7 Å². The second-order valence-corrected chi connectivity index (χ2v) is 6.43. The molecular formula is C16H30N4. The van der Waals surface area contributed by atoms with E-state index in [4.69, 9.17) is 0 Å². The van der Waals surface area contributed by atoms with Gasteiger partial charge in [0.1, 0.15) is 0 Å². The number of hydrogen-bond acceptors (Lipinski definition) is 3. The average Bonchev–Trinajstić information content (AvgIpc) is 2.86. The molecule has 20 heavy (non-hydrogen) atoms. The summed E-state index contributed by atoms with van der Waals surface area (Å²) in [6.07, 6.45) is 4.49. The van der Waals surface area contributed by atoms with Crippen molar-refractivity contribution in [2.75, 3.05) is 46.3 Å². The SMILES string of the molecule is CC(C)CNCc1ccn(CCN2CCN(C)CC2)c1. The Morgan fingerprint density at radius 1 is 1.15 bits per heavy atom. The molecule has 0 unspecified atom stereocenters. The minimum absolute atomic E-state index is 0.717. The Labute approximate surface area is 123 Å². The number of nitrogens with zero attached hydrogens (tertiary/aromatic N) is 3. The van der Waals surface area contributed by atoms with Crippen LogP contribution in [0.4, 0.5) is 0 Å². The third-order valence-corrected chi connectivity index (χ3v) is 3.96. The second-order valence-electron chi connectivity index (χ2n) is 6.43. The number of aromatic nitrogens is 1. The summed E-state index contributed by atoms with van der Waals surface area (Å²) in [5.74, 6) is 0.717. The summed E-state index contributed by atoms with van der Waals surface area (Å²) in [6.45, 7) is 13.7. The third-order valence-electron chi connectivity index (χ3n) is 3.96. The first-order valence-corrected chi connectivity index (χ1v) is 7.90. The smallest absolute Gasteiger partial charge is 0.0347 e. The number of piperazine rings is 1. The van der Waals surface area contributed by atoms with Gasteiger partial charge in [0, 0.05) is 58.2 Å². The van der Waals surface area contributed by atoms with E-state index in [2.05, 4.69) is 59.0 Å². The lowest BCUT2D eigenvalue weighted by molar-refractivity contribution is 0.150. The van der Waals surface area contributed by atoms with Crippen LogP contribution in [0.5, 0.6) is 0 Å². The lowest BCUT2D eigenvalue weighted by atomic mass is 10.2. The molecular weight excluding hydrogens is 248 g/mol. The van der Waals surface area contributed by atoms with E-state index in [0.717, 1.165) is 19.6 Å². The Morgan fingerprint density at radius 2 is 1.90 bits per heavy atom. The van der Waals surface area contributed by atoms with Crippen molar-refractivity contribution < 1.29 is 0 Å². The van der Waals surface area contributed by atoms with Crippen molar-refractivity contribution in [3.05, 3.63) is 24.0 Å². The predicted octanol–water partition coefficient (Wildman–Crippen LogP) is 1.48. The number of nitrogens with one attached hydrogen (secondary N) is 1. The minimum atomic E-state index is 0.717. The quantitative estimate of drug-likeness (QED) is 0.817. The van der Waals surface area contributed by atoms with Crippen molar-refractivity contribution in [2.45, 2.75) is 26.9 Å². The highest BCUT2D eigenvalue weighted by atomic mass is 15.2. The molecule has 1 aliphatic heterocycles. The lowest BCUT2D eigenvalue weighted by Crippen LogP contribution is -2.45. The van der Waals surface area contributed by atoms with Crippen molar-refractivity contribution >= 4 is 0 Å². The van der Waals surface area contributed by atoms with Gasteiger partial charge in [-0.05, 0) is 31.1 Å². The molecule has 0 aliphatic carbocycles. The zero-order valence-corrected chi connectivity index (χ0v) is 13.3. The van der Waals surface area contributed by atoms with Gasteiger partial charge >= 0.3 is 0 Å². The van der Waals surface area contributed by atoms with Gasteiger partial charge in [-0.3, -0.25) is 4.90 Å². The Kier molecular flexibility index (Phi) is 6.07. The number of rotatable bonds is 7. The number of hydrogen-bond donors (Lipinski definition) is 1. The second kappa shape index (κ2) is 7.81. The zero-order valence-electron chi connectivity index (χ0n) is 13.3. The van der Waals surface area contributed by atoms with Crippen LogP contribution in [0.15, 0.2) is 18.5 Å². The molecule has 1 saturated heterocycles. The Morgan fingerprint density at radius 3 is 2.60 bits per heavy atom. The highest BCUT2D eigenvalue weighted by Crippen LogP contribution is 2.04. The molecule has 2 heterocycles. The molecule has 4 nitrogen and oxygen atoms in total. The van der Waals surface area contributed by atoms with E-state index in [1.165, 1.54) is 38.3 Å². The van der Waals surface area contributed by atoms with Crippen LogP contribution in [-0.2, 0) is 13.1 Å². The summed E-state index contributed by atoms with van der Waals surface area (Å²) in [5.41, 5.74) is 1.39. The molecule has 1 aliphatic rings. The molecule has 0 amide bonds. The molecule has 4 heteroatoms. The fraction of sp³-hybridized carbons (Fsp3) is 0.750. The Balaban J connectivity index is 1.67. The van der Waals surface area contributed by atoms with Crippen LogP contribution in [0, 0.1) is 5.92 Å². The average molecular weight is 278 g/mol. The lowest BCUT2D eigenvalue weighted by Gasteiger charge is -2.32. The van der Waals surface area contributed by atoms with E-state index in [-0.39, 0.29) is 0 Å². The van der Waals surface area contributed by atoms with Crippen LogP contribution in [0.1, 0.15) is 19.4 Å². The molecule has 0 atom stereocenters. The Bertz CT molecular complexity index is 378. The molecule has 0 saturated carbocycles. The largest absolute Gasteiger partial charge is 0.353 e. The molecule has 1 fully saturated rings. The molecule has 1 N–H and O–H groups in total. The van der Waals surface area contributed by atoms with Crippen molar-refractivity contribution in [3.8, 4) is 0 Å². The van der Waals surface area contributed by atoms with E-state index in [9.17, 15) is 0 Å². The van der Waals surface area contributed by atoms with E-state index in [0.29, 0.717) is 5.92 Å². The fourth-order valence-electron chi connectivity index (χ4n) is 2.57. The summed E-state index contributed by atoms with van der Waals surface area (Å²) in [4.78, 5) is 4.97. The molecule has 0 spiro atoms. The van der Waals surface area contributed by atoms with Crippen molar-refractivity contribution in [1.29, 1.82) is 0 Å². The van der Waals surface area contributed by atoms with Gasteiger partial charge in [0.05, 0.1) is 0 Å². The monoisotopic (exact) mass is 278 g/mol. The van der Waals surface area contributed by atoms with Gasteiger partial charge in [0.2, 0.25) is 0 Å². The van der Waals surface area contributed by atoms with E-state index < -0.39 is 0 Å². The van der Waals surface area contributed by atoms with E-state index in [1.807, 2.05) is 0 Å². The first kappa shape index (κ1) is 15.5. The van der Waals surface area contributed by atoms with Crippen LogP contribution in [0.3, 0.4) is 0 Å². The standard InChI is InChI=1S/C16H30N4/c1-15(2)12-17-13-16-4-5-20(14-16)11-10-19-8-6-18(3)7-9-19/h4-5,14-15,17H,6-13H2,1-3H3. The van der Waals surface area contributed by atoms with Crippen LogP contribution in [0.25, 0.3) is 0 Å². The molecule has 1 aromatic rings. The molecule has 0 radical (unpaired) electrons. The topological polar surface area (TPSA) is 23.4 Å². The van der Waals surface area contributed by atoms with Crippen LogP contribution < -0.4 is 5.32 Å². The summed E-state index contributed by atoms with van der Waals surface area (Å²) >= 11 is 0. The zero-order chi connectivity index (χ0) is 14.4. The van der Waals surface area contributed by atoms with E-state index >= 15 is 0 Å². The van der Waals surface area contributed by atoms with Crippen LogP contribution >= 0.6 is 0 Å². The van der Waals surface area contributed by atoms with Crippen LogP contribution in [0.2, 0.25) is 0 Å². The van der Waals surface area contributed by atoms with Gasteiger partial charge in [-0.25, -0.2) is 0 Å². The maximum absolute atomic E-state index is 3.50. The number of likely N-dealkylation sites (N-methyl/N-ethyl adjacent to an activating group) is 1. The summed E-state index contributed by atoms with van der Waals surface area (Å²) in [5, 5.41) is 3.50. The van der Waals surface area contributed by atoms with Gasteiger partial charge in [-0.15, -0.1) is 0 Å². The van der Waals surface area contributed by atoms with Crippen LogP contribution in [-0.4, -0.2) is 60.7 Å². The van der Waals surface area contributed by atoms with Gasteiger partial charge in [-0.2, -0.15) is 0 Å². The highest BCUT2D eigenvalue weighted by molar-refractivity contribution is 5.09. The summed E-state index contributed by atoms with van der Waals surface area (Å²) in [6, 6.07) is 2.23. The summed E-state index contributed by atoms with van der Waals surface area (Å²) in [7, 11) is 2.21. The minimum Gasteiger partial charge on any atom is -0.353 e. The first-order chi connectivity index (χ1) is 9.63. The van der Waals surface area contributed by atoms with Gasteiger partial charge in [0.25, 0.3) is 0 Å². The van der Waals surface area contributed by atoms with E-state index in [1.54, 1.807) is 0 Å². The normalized spacial score (nSPS) is 18.0. The predicted molar refractivity (Wildman–Crippen MR) is 84.9 cm³/mol. The molecule has 1 aromatic heterocycles. The third kappa shape index (κ3) is 5.27. The fourth-order valence-corrected chi connectivity index (χ4v) is 2.57. The first-order valence-electron chi connectivity index (χ1n) is 7.90. The maximum atomic E-state index is 3.50. The molecule has 0 bridgehead atoms. The summed E-state index contributed by atoms with van der Waals surface area (Å²) < 4.78 is 2.32.